The first-order chi connectivity index (χ1) is 9.82. The summed E-state index contributed by atoms with van der Waals surface area (Å²) >= 11 is 0. The summed E-state index contributed by atoms with van der Waals surface area (Å²) in [6, 6.07) is 8.27. The van der Waals surface area contributed by atoms with Crippen molar-refractivity contribution in [2.45, 2.75) is 19.5 Å². The van der Waals surface area contributed by atoms with Gasteiger partial charge in [-0.25, -0.2) is 4.39 Å². The van der Waals surface area contributed by atoms with Crippen molar-refractivity contribution in [2.24, 2.45) is 0 Å². The quantitative estimate of drug-likeness (QED) is 0.596. The normalized spacial score (nSPS) is 11.5. The number of alkyl halides is 3. The molecule has 2 aromatic carbocycles. The van der Waals surface area contributed by atoms with Gasteiger partial charge in [0.05, 0.1) is 11.1 Å². The third-order valence-electron chi connectivity index (χ3n) is 3.14. The van der Waals surface area contributed by atoms with Gasteiger partial charge in [-0.3, -0.25) is 4.79 Å². The van der Waals surface area contributed by atoms with Crippen LogP contribution >= 0.6 is 0 Å². The molecule has 0 aliphatic heterocycles. The SMILES string of the molecule is CCc1cccc(C(=O)c2cc(C(F)(F)F)ccc2F)c1. The summed E-state index contributed by atoms with van der Waals surface area (Å²) < 4.78 is 51.6. The fourth-order valence-corrected chi connectivity index (χ4v) is 1.96. The highest BCUT2D eigenvalue weighted by atomic mass is 19.4. The molecule has 2 rings (SSSR count). The predicted octanol–water partition coefficient (Wildman–Crippen LogP) is 4.64. The fourth-order valence-electron chi connectivity index (χ4n) is 1.96. The van der Waals surface area contributed by atoms with Gasteiger partial charge in [-0.15, -0.1) is 0 Å². The molecule has 0 spiro atoms. The summed E-state index contributed by atoms with van der Waals surface area (Å²) in [5.41, 5.74) is -0.585. The van der Waals surface area contributed by atoms with Crippen LogP contribution in [-0.2, 0) is 12.6 Å². The number of rotatable bonds is 3. The molecule has 0 unspecified atom stereocenters. The van der Waals surface area contributed by atoms with Crippen molar-refractivity contribution in [1.82, 2.24) is 0 Å². The van der Waals surface area contributed by atoms with E-state index in [1.54, 1.807) is 18.2 Å². The van der Waals surface area contributed by atoms with Crippen molar-refractivity contribution >= 4 is 5.78 Å². The molecule has 0 aliphatic rings. The predicted molar refractivity (Wildman–Crippen MR) is 70.7 cm³/mol. The first kappa shape index (κ1) is 15.2. The lowest BCUT2D eigenvalue weighted by Crippen LogP contribution is -2.10. The molecule has 2 aromatic rings. The molecule has 1 nitrogen and oxygen atoms in total. The number of halogens is 4. The average Bonchev–Trinajstić information content (AvgIpc) is 2.46. The van der Waals surface area contributed by atoms with Crippen LogP contribution in [-0.4, -0.2) is 5.78 Å². The monoisotopic (exact) mass is 296 g/mol. The molecule has 0 saturated carbocycles. The second kappa shape index (κ2) is 5.68. The van der Waals surface area contributed by atoms with Gasteiger partial charge in [0.2, 0.25) is 0 Å². The largest absolute Gasteiger partial charge is 0.416 e. The molecule has 0 N–H and O–H groups in total. The Balaban J connectivity index is 2.47. The summed E-state index contributed by atoms with van der Waals surface area (Å²) in [5.74, 6) is -1.72. The van der Waals surface area contributed by atoms with E-state index >= 15 is 0 Å². The second-order valence-corrected chi connectivity index (χ2v) is 4.58. The summed E-state index contributed by atoms with van der Waals surface area (Å²) in [6.07, 6.45) is -3.94. The van der Waals surface area contributed by atoms with Crippen LogP contribution in [0.15, 0.2) is 42.5 Å². The number of carbonyl (C=O) groups is 1. The zero-order valence-corrected chi connectivity index (χ0v) is 11.2. The Morgan fingerprint density at radius 2 is 1.81 bits per heavy atom. The number of ketones is 1. The Bertz CT molecular complexity index is 674. The molecule has 0 amide bonds. The summed E-state index contributed by atoms with van der Waals surface area (Å²) in [5, 5.41) is 0. The van der Waals surface area contributed by atoms with Crippen molar-refractivity contribution in [3.8, 4) is 0 Å². The average molecular weight is 296 g/mol. The van der Waals surface area contributed by atoms with Crippen molar-refractivity contribution < 1.29 is 22.4 Å². The van der Waals surface area contributed by atoms with Crippen molar-refractivity contribution in [3.05, 3.63) is 70.5 Å². The lowest BCUT2D eigenvalue weighted by molar-refractivity contribution is -0.137. The third-order valence-corrected chi connectivity index (χ3v) is 3.14. The molecule has 0 fully saturated rings. The van der Waals surface area contributed by atoms with Gasteiger partial charge in [0.15, 0.2) is 5.78 Å². The Morgan fingerprint density at radius 3 is 2.43 bits per heavy atom. The van der Waals surface area contributed by atoms with Gasteiger partial charge in [0.25, 0.3) is 0 Å². The highest BCUT2D eigenvalue weighted by molar-refractivity contribution is 6.09. The number of aryl methyl sites for hydroxylation is 1. The third kappa shape index (κ3) is 3.29. The molecule has 0 aromatic heterocycles. The summed E-state index contributed by atoms with van der Waals surface area (Å²) in [6.45, 7) is 1.88. The van der Waals surface area contributed by atoms with Gasteiger partial charge in [-0.2, -0.15) is 13.2 Å². The fraction of sp³-hybridized carbons (Fsp3) is 0.188. The van der Waals surface area contributed by atoms with Crippen molar-refractivity contribution in [3.63, 3.8) is 0 Å². The van der Waals surface area contributed by atoms with E-state index in [0.29, 0.717) is 24.6 Å². The lowest BCUT2D eigenvalue weighted by Gasteiger charge is -2.09. The van der Waals surface area contributed by atoms with E-state index in [9.17, 15) is 22.4 Å². The number of hydrogen-bond acceptors (Lipinski definition) is 1. The molecule has 0 aliphatic carbocycles. The summed E-state index contributed by atoms with van der Waals surface area (Å²) in [4.78, 5) is 12.2. The zero-order valence-electron chi connectivity index (χ0n) is 11.2. The molecule has 110 valence electrons. The lowest BCUT2D eigenvalue weighted by atomic mass is 9.98. The minimum absolute atomic E-state index is 0.174. The van der Waals surface area contributed by atoms with Crippen LogP contribution in [0.2, 0.25) is 0 Å². The van der Waals surface area contributed by atoms with Crippen LogP contribution in [0.25, 0.3) is 0 Å². The molecule has 0 atom stereocenters. The van der Waals surface area contributed by atoms with Crippen molar-refractivity contribution in [2.75, 3.05) is 0 Å². The maximum atomic E-state index is 13.7. The first-order valence-electron chi connectivity index (χ1n) is 6.33. The van der Waals surface area contributed by atoms with E-state index in [-0.39, 0.29) is 5.56 Å². The van der Waals surface area contributed by atoms with E-state index in [1.807, 2.05) is 6.92 Å². The van der Waals surface area contributed by atoms with Gasteiger partial charge in [0.1, 0.15) is 5.82 Å². The van der Waals surface area contributed by atoms with E-state index in [1.165, 1.54) is 6.07 Å². The topological polar surface area (TPSA) is 17.1 Å². The Labute approximate surface area is 119 Å². The molecule has 0 radical (unpaired) electrons. The van der Waals surface area contributed by atoms with Crippen LogP contribution in [0, 0.1) is 5.82 Å². The molecular weight excluding hydrogens is 284 g/mol. The van der Waals surface area contributed by atoms with Gasteiger partial charge in [-0.1, -0.05) is 25.1 Å². The van der Waals surface area contributed by atoms with Crippen LogP contribution in [0.5, 0.6) is 0 Å². The Hall–Kier alpha value is -2.17. The van der Waals surface area contributed by atoms with Crippen molar-refractivity contribution in [1.29, 1.82) is 0 Å². The second-order valence-electron chi connectivity index (χ2n) is 4.58. The van der Waals surface area contributed by atoms with Crippen LogP contribution in [0.1, 0.15) is 34.0 Å². The van der Waals surface area contributed by atoms with Crippen LogP contribution in [0.3, 0.4) is 0 Å². The minimum atomic E-state index is -4.62. The van der Waals surface area contributed by atoms with E-state index in [0.717, 1.165) is 5.56 Å². The molecule has 0 heterocycles. The molecule has 5 heteroatoms. The molecule has 21 heavy (non-hydrogen) atoms. The first-order valence-corrected chi connectivity index (χ1v) is 6.33. The van der Waals surface area contributed by atoms with E-state index < -0.39 is 28.9 Å². The number of hydrogen-bond donors (Lipinski definition) is 0. The van der Waals surface area contributed by atoms with Crippen LogP contribution < -0.4 is 0 Å². The number of carbonyl (C=O) groups excluding carboxylic acids is 1. The van der Waals surface area contributed by atoms with Gasteiger partial charge >= 0.3 is 6.18 Å². The Morgan fingerprint density at radius 1 is 1.10 bits per heavy atom. The van der Waals surface area contributed by atoms with Crippen LogP contribution in [0.4, 0.5) is 17.6 Å². The van der Waals surface area contributed by atoms with E-state index in [4.69, 9.17) is 0 Å². The van der Waals surface area contributed by atoms with E-state index in [2.05, 4.69) is 0 Å². The molecule has 0 saturated heterocycles. The molecular formula is C16H12F4O. The maximum Gasteiger partial charge on any atom is 0.416 e. The minimum Gasteiger partial charge on any atom is -0.288 e. The highest BCUT2D eigenvalue weighted by Crippen LogP contribution is 2.31. The Kier molecular flexibility index (Phi) is 4.11. The van der Waals surface area contributed by atoms with Gasteiger partial charge < -0.3 is 0 Å². The van der Waals surface area contributed by atoms with Gasteiger partial charge in [-0.05, 0) is 36.2 Å². The number of benzene rings is 2. The standard InChI is InChI=1S/C16H12F4O/c1-2-10-4-3-5-11(8-10)15(21)13-9-12(16(18,19)20)6-7-14(13)17/h3-9H,2H2,1H3. The summed E-state index contributed by atoms with van der Waals surface area (Å²) in [7, 11) is 0. The maximum absolute atomic E-state index is 13.7. The zero-order chi connectivity index (χ0) is 15.6. The smallest absolute Gasteiger partial charge is 0.288 e. The highest BCUT2D eigenvalue weighted by Gasteiger charge is 2.32. The van der Waals surface area contributed by atoms with Gasteiger partial charge in [0, 0.05) is 5.56 Å². The molecule has 0 bridgehead atoms.